The van der Waals surface area contributed by atoms with E-state index in [4.69, 9.17) is 48.0 Å². The number of amides is 4. The van der Waals surface area contributed by atoms with Crippen molar-refractivity contribution in [2.45, 2.75) is 48.6 Å². The number of hydrogen-bond acceptors (Lipinski definition) is 13. The number of aliphatic carboxylic acids is 1. The van der Waals surface area contributed by atoms with Crippen LogP contribution in [0.4, 0.5) is 21.0 Å². The molecular formula is C49H50Cl2N5O11PS2. The van der Waals surface area contributed by atoms with Gasteiger partial charge < -0.3 is 54.2 Å². The van der Waals surface area contributed by atoms with Crippen LogP contribution in [0, 0.1) is 10.8 Å². The van der Waals surface area contributed by atoms with Gasteiger partial charge in [0.05, 0.1) is 22.2 Å². The van der Waals surface area contributed by atoms with Crippen molar-refractivity contribution in [3.63, 3.8) is 0 Å². The lowest BCUT2D eigenvalue weighted by atomic mass is 9.34. The number of halogens is 2. The van der Waals surface area contributed by atoms with Gasteiger partial charge in [0.15, 0.2) is 0 Å². The molecule has 5 aromatic carbocycles. The van der Waals surface area contributed by atoms with E-state index in [1.54, 1.807) is 36.0 Å². The second kappa shape index (κ2) is 20.2. The molecule has 0 unspecified atom stereocenters. The van der Waals surface area contributed by atoms with Gasteiger partial charge in [0.25, 0.3) is 0 Å². The van der Waals surface area contributed by atoms with E-state index >= 15 is 0 Å². The molecule has 2 bridgehead atoms. The number of hydrogen-bond donors (Lipinski definition) is 4. The molecule has 10 rings (SSSR count). The second-order valence-corrected chi connectivity index (χ2v) is 22.0. The number of carboxylic acids is 1. The van der Waals surface area contributed by atoms with Crippen LogP contribution >= 0.6 is 53.4 Å². The van der Waals surface area contributed by atoms with Gasteiger partial charge in [0.1, 0.15) is 24.1 Å². The first-order chi connectivity index (χ1) is 33.6. The van der Waals surface area contributed by atoms with Crippen molar-refractivity contribution in [2.75, 3.05) is 67.6 Å². The van der Waals surface area contributed by atoms with Crippen molar-refractivity contribution in [1.82, 2.24) is 9.80 Å². The quantitative estimate of drug-likeness (QED) is 0.0390. The van der Waals surface area contributed by atoms with Crippen molar-refractivity contribution >= 4 is 116 Å². The number of nitrogens with two attached hydrogens (primary N) is 1. The fourth-order valence-corrected chi connectivity index (χ4v) is 13.6. The van der Waals surface area contributed by atoms with E-state index in [1.807, 2.05) is 72.8 Å². The molecule has 2 aliphatic heterocycles. The summed E-state index contributed by atoms with van der Waals surface area (Å²) < 4.78 is 17.1. The van der Waals surface area contributed by atoms with Gasteiger partial charge >= 0.3 is 26.8 Å². The maximum atomic E-state index is 14.8. The van der Waals surface area contributed by atoms with Crippen LogP contribution in [-0.2, 0) is 25.7 Å². The summed E-state index contributed by atoms with van der Waals surface area (Å²) in [6, 6.07) is 24.7. The highest BCUT2D eigenvalue weighted by Crippen LogP contribution is 2.75. The summed E-state index contributed by atoms with van der Waals surface area (Å²) in [6.07, 6.45) is -0.197. The zero-order chi connectivity index (χ0) is 49.6. The monoisotopic (exact) mass is 1050 g/mol. The molecule has 3 saturated carbocycles. The lowest BCUT2D eigenvalue weighted by Gasteiger charge is -2.69. The number of likely N-dealkylation sites (N-methyl/N-ethyl adjacent to an activating group) is 2. The second-order valence-electron chi connectivity index (χ2n) is 18.4. The fourth-order valence-electron chi connectivity index (χ4n) is 10.4. The summed E-state index contributed by atoms with van der Waals surface area (Å²) in [5.74, 6) is -0.456. The highest BCUT2D eigenvalue weighted by molar-refractivity contribution is 8.76. The summed E-state index contributed by atoms with van der Waals surface area (Å²) in [7, 11) is 3.04. The number of rotatable bonds is 17. The standard InChI is InChI=1S/C49H50Cl2N5O11PS2/c1-53(46(61)65-23-28-9-3-8-14-40(28)70-69-24-35(52)43(57)58)15-16-54(2)47(62)66-38-17-36-41(33-12-6-4-10-31(33)38)29(19-50)21-55(36)44(59)48-25-49(26-48,27-48)45(60)56-22-30(20-51)42-34-13-7-5-11-32(34)39(18-37(42)56)67-68(63)64/h3-14,17-18,29-30,35,63-64H,15-16,19-27,52H2,1-2H3,(H,57,58)/t29-,30-,35+,48?,49?/m1/s1. The minimum atomic E-state index is -2.72. The SMILES string of the molecule is CN(CCN(C)C(=O)Oc1cc2c(c3ccccc13)[C@H](CCl)CN2C(=O)C12CC(C(=O)N3C[C@@H](CCl)c4c3cc(OP(O)O)c3ccccc43)(C1)C2)C(=O)OCc1ccccc1SSC[C@H](N)C(=O)O. The molecule has 70 heavy (non-hydrogen) atoms. The van der Waals surface area contributed by atoms with Gasteiger partial charge in [0.2, 0.25) is 11.8 Å². The number of anilines is 2. The minimum absolute atomic E-state index is 0.0245. The van der Waals surface area contributed by atoms with Crippen molar-refractivity contribution in [3.8, 4) is 11.5 Å². The lowest BCUT2D eigenvalue weighted by molar-refractivity contribution is -0.205. The molecule has 5 aliphatic rings. The summed E-state index contributed by atoms with van der Waals surface area (Å²) in [4.78, 5) is 93.8. The van der Waals surface area contributed by atoms with E-state index in [-0.39, 0.29) is 72.4 Å². The third-order valence-corrected chi connectivity index (χ3v) is 17.5. The number of carbonyl (C=O) groups is 5. The Bertz CT molecular complexity index is 2900. The van der Waals surface area contributed by atoms with Crippen LogP contribution < -0.4 is 24.8 Å². The number of nitrogens with zero attached hydrogens (tertiary/aromatic N) is 4. The summed E-state index contributed by atoms with van der Waals surface area (Å²) in [5.41, 5.74) is 7.84. The Balaban J connectivity index is 0.858. The first-order valence-corrected chi connectivity index (χ1v) is 27.0. The highest BCUT2D eigenvalue weighted by atomic mass is 35.5. The van der Waals surface area contributed by atoms with Crippen molar-refractivity contribution in [2.24, 2.45) is 16.6 Å². The Labute approximate surface area is 422 Å². The van der Waals surface area contributed by atoms with Crippen LogP contribution in [0.3, 0.4) is 0 Å². The molecule has 3 atom stereocenters. The van der Waals surface area contributed by atoms with Gasteiger partial charge in [0, 0.05) is 103 Å². The number of alkyl halides is 2. The topological polar surface area (TPSA) is 213 Å². The molecule has 21 heteroatoms. The summed E-state index contributed by atoms with van der Waals surface area (Å²) in [6.45, 7) is 0.870. The van der Waals surface area contributed by atoms with E-state index in [0.29, 0.717) is 54.5 Å². The molecule has 5 aromatic rings. The molecule has 0 spiro atoms. The Kier molecular flexibility index (Phi) is 14.4. The number of carbonyl (C=O) groups excluding carboxylic acids is 4. The van der Waals surface area contributed by atoms with Crippen molar-refractivity contribution in [1.29, 1.82) is 0 Å². The zero-order valence-electron chi connectivity index (χ0n) is 38.1. The van der Waals surface area contributed by atoms with E-state index in [2.05, 4.69) is 0 Å². The molecule has 0 aromatic heterocycles. The van der Waals surface area contributed by atoms with Gasteiger partial charge in [-0.25, -0.2) is 9.59 Å². The number of fused-ring (bicyclic) bond motifs is 6. The smallest absolute Gasteiger partial charge is 0.415 e. The molecule has 4 amide bonds. The number of carboxylic acid groups (broad SMARTS) is 1. The summed E-state index contributed by atoms with van der Waals surface area (Å²) in [5, 5.41) is 12.0. The zero-order valence-corrected chi connectivity index (χ0v) is 42.1. The largest absolute Gasteiger partial charge is 0.480 e. The lowest BCUT2D eigenvalue weighted by Crippen LogP contribution is -2.73. The van der Waals surface area contributed by atoms with Crippen LogP contribution in [0.15, 0.2) is 89.8 Å². The highest BCUT2D eigenvalue weighted by Gasteiger charge is 2.76. The molecule has 16 nitrogen and oxygen atoms in total. The van der Waals surface area contributed by atoms with Gasteiger partial charge in [-0.15, -0.1) is 23.2 Å². The van der Waals surface area contributed by atoms with Gasteiger partial charge in [-0.05, 0) is 47.2 Å². The maximum absolute atomic E-state index is 14.8. The molecule has 3 fully saturated rings. The van der Waals surface area contributed by atoms with Gasteiger partial charge in [-0.1, -0.05) is 88.3 Å². The van der Waals surface area contributed by atoms with Crippen LogP contribution in [0.2, 0.25) is 0 Å². The molecule has 368 valence electrons. The van der Waals surface area contributed by atoms with E-state index in [1.165, 1.54) is 31.4 Å². The normalized spacial score (nSPS) is 21.1. The predicted molar refractivity (Wildman–Crippen MR) is 272 cm³/mol. The predicted octanol–water partition coefficient (Wildman–Crippen LogP) is 8.64. The number of benzene rings is 5. The van der Waals surface area contributed by atoms with E-state index in [0.717, 1.165) is 32.4 Å². The molecule has 3 aliphatic carbocycles. The maximum Gasteiger partial charge on any atom is 0.415 e. The molecule has 0 saturated heterocycles. The molecule has 0 radical (unpaired) electrons. The van der Waals surface area contributed by atoms with Crippen LogP contribution in [0.5, 0.6) is 11.5 Å². The van der Waals surface area contributed by atoms with Crippen molar-refractivity contribution in [3.05, 3.63) is 102 Å². The third kappa shape index (κ3) is 9.21. The van der Waals surface area contributed by atoms with Crippen LogP contribution in [0.1, 0.15) is 47.8 Å². The number of ether oxygens (including phenoxy) is 2. The van der Waals surface area contributed by atoms with Gasteiger partial charge in [-0.2, -0.15) is 0 Å². The van der Waals surface area contributed by atoms with Crippen molar-refractivity contribution < 1.29 is 52.9 Å². The van der Waals surface area contributed by atoms with Crippen LogP contribution in [-0.4, -0.2) is 118 Å². The minimum Gasteiger partial charge on any atom is -0.480 e. The van der Waals surface area contributed by atoms with E-state index in [9.17, 15) is 33.8 Å². The van der Waals surface area contributed by atoms with Gasteiger partial charge in [-0.3, -0.25) is 14.4 Å². The first-order valence-electron chi connectivity index (χ1n) is 22.5. The average molecular weight is 1050 g/mol. The Morgan fingerprint density at radius 2 is 1.24 bits per heavy atom. The molecule has 5 N–H and O–H groups in total. The third-order valence-electron chi connectivity index (χ3n) is 13.9. The Hall–Kier alpha value is -5.04. The molecule has 2 heterocycles. The Morgan fingerprint density at radius 1 is 0.757 bits per heavy atom. The van der Waals surface area contributed by atoms with Crippen LogP contribution in [0.25, 0.3) is 21.5 Å². The van der Waals surface area contributed by atoms with E-state index < -0.39 is 43.6 Å². The fraction of sp³-hybridized carbons (Fsp3) is 0.367. The average Bonchev–Trinajstić information content (AvgIpc) is 3.90. The molecular weight excluding hydrogens is 1000 g/mol. The first kappa shape index (κ1) is 49.9. The Morgan fingerprint density at radius 3 is 1.77 bits per heavy atom. The summed E-state index contributed by atoms with van der Waals surface area (Å²) >= 11 is 13.1.